The van der Waals surface area contributed by atoms with Gasteiger partial charge in [0.1, 0.15) is 6.54 Å². The lowest BCUT2D eigenvalue weighted by molar-refractivity contribution is -0.133. The zero-order chi connectivity index (χ0) is 18.4. The minimum absolute atomic E-state index is 0.00978. The molecule has 0 N–H and O–H groups in total. The first-order valence-electron chi connectivity index (χ1n) is 8.82. The molecule has 1 aromatic heterocycles. The second-order valence-corrected chi connectivity index (χ2v) is 6.31. The molecule has 134 valence electrons. The van der Waals surface area contributed by atoms with Crippen molar-refractivity contribution in [3.05, 3.63) is 65.7 Å². The Morgan fingerprint density at radius 1 is 1.08 bits per heavy atom. The van der Waals surface area contributed by atoms with Crippen molar-refractivity contribution < 1.29 is 4.79 Å². The first kappa shape index (κ1) is 17.8. The second kappa shape index (κ2) is 8.38. The van der Waals surface area contributed by atoms with Crippen LogP contribution in [-0.4, -0.2) is 37.6 Å². The highest BCUT2D eigenvalue weighted by Gasteiger charge is 2.16. The van der Waals surface area contributed by atoms with E-state index in [1.54, 1.807) is 0 Å². The number of hydrogen-bond acceptors (Lipinski definition) is 4. The lowest BCUT2D eigenvalue weighted by atomic mass is 10.1. The van der Waals surface area contributed by atoms with Crippen molar-refractivity contribution in [2.24, 2.45) is 0 Å². The highest BCUT2D eigenvalue weighted by Crippen LogP contribution is 2.12. The van der Waals surface area contributed by atoms with Gasteiger partial charge in [0, 0.05) is 18.7 Å². The molecule has 0 unspecified atom stereocenters. The molecule has 6 nitrogen and oxygen atoms in total. The van der Waals surface area contributed by atoms with Crippen LogP contribution in [0.5, 0.6) is 0 Å². The summed E-state index contributed by atoms with van der Waals surface area (Å²) in [4.78, 5) is 15.9. The van der Waals surface area contributed by atoms with Gasteiger partial charge in [-0.2, -0.15) is 4.80 Å². The van der Waals surface area contributed by atoms with Crippen molar-refractivity contribution in [1.82, 2.24) is 25.1 Å². The second-order valence-electron chi connectivity index (χ2n) is 6.31. The lowest BCUT2D eigenvalue weighted by Crippen LogP contribution is -2.34. The van der Waals surface area contributed by atoms with E-state index in [9.17, 15) is 4.79 Å². The van der Waals surface area contributed by atoms with Crippen LogP contribution in [0.15, 0.2) is 54.6 Å². The van der Waals surface area contributed by atoms with Gasteiger partial charge in [-0.25, -0.2) is 0 Å². The molecule has 0 saturated heterocycles. The predicted molar refractivity (Wildman–Crippen MR) is 100 cm³/mol. The quantitative estimate of drug-likeness (QED) is 0.657. The van der Waals surface area contributed by atoms with Crippen molar-refractivity contribution >= 4 is 5.91 Å². The van der Waals surface area contributed by atoms with E-state index < -0.39 is 0 Å². The van der Waals surface area contributed by atoms with Gasteiger partial charge in [-0.1, -0.05) is 67.1 Å². The Balaban J connectivity index is 1.68. The molecule has 0 aliphatic heterocycles. The molecule has 0 atom stereocenters. The molecule has 0 aliphatic carbocycles. The van der Waals surface area contributed by atoms with Gasteiger partial charge in [0.25, 0.3) is 0 Å². The zero-order valence-electron chi connectivity index (χ0n) is 15.2. The van der Waals surface area contributed by atoms with Crippen molar-refractivity contribution in [1.29, 1.82) is 0 Å². The summed E-state index contributed by atoms with van der Waals surface area (Å²) in [6.07, 6.45) is 0.900. The van der Waals surface area contributed by atoms with Gasteiger partial charge in [0.05, 0.1) is 0 Å². The summed E-state index contributed by atoms with van der Waals surface area (Å²) in [5.41, 5.74) is 3.22. The van der Waals surface area contributed by atoms with Gasteiger partial charge in [-0.15, -0.1) is 10.2 Å². The molecule has 0 saturated carbocycles. The summed E-state index contributed by atoms with van der Waals surface area (Å²) in [5, 5.41) is 12.4. The van der Waals surface area contributed by atoms with Crippen LogP contribution in [0.2, 0.25) is 0 Å². The van der Waals surface area contributed by atoms with Crippen LogP contribution in [0.25, 0.3) is 11.4 Å². The Morgan fingerprint density at radius 2 is 1.81 bits per heavy atom. The Kier molecular flexibility index (Phi) is 5.73. The number of aryl methyl sites for hydroxylation is 1. The summed E-state index contributed by atoms with van der Waals surface area (Å²) < 4.78 is 0. The van der Waals surface area contributed by atoms with Gasteiger partial charge in [0.2, 0.25) is 11.7 Å². The first-order valence-corrected chi connectivity index (χ1v) is 8.82. The van der Waals surface area contributed by atoms with Crippen LogP contribution < -0.4 is 0 Å². The van der Waals surface area contributed by atoms with Gasteiger partial charge in [-0.05, 0) is 24.1 Å². The number of carbonyl (C=O) groups excluding carboxylic acids is 1. The molecule has 0 bridgehead atoms. The molecule has 1 heterocycles. The normalized spacial score (nSPS) is 10.7. The number of tetrazole rings is 1. The highest BCUT2D eigenvalue weighted by atomic mass is 16.2. The third-order valence-corrected chi connectivity index (χ3v) is 4.10. The van der Waals surface area contributed by atoms with E-state index in [1.807, 2.05) is 35.2 Å². The van der Waals surface area contributed by atoms with Crippen molar-refractivity contribution in [2.45, 2.75) is 33.4 Å². The number of hydrogen-bond donors (Lipinski definition) is 0. The maximum Gasteiger partial charge on any atom is 0.246 e. The minimum atomic E-state index is -0.00978. The third kappa shape index (κ3) is 4.53. The molecule has 0 fully saturated rings. The lowest BCUT2D eigenvalue weighted by Gasteiger charge is -2.22. The van der Waals surface area contributed by atoms with Crippen LogP contribution in [0, 0.1) is 6.92 Å². The average Bonchev–Trinajstić information content (AvgIpc) is 3.12. The first-order chi connectivity index (χ1) is 12.7. The molecule has 0 radical (unpaired) electrons. The van der Waals surface area contributed by atoms with Crippen LogP contribution in [0.1, 0.15) is 24.5 Å². The van der Waals surface area contributed by atoms with Crippen molar-refractivity contribution in [2.75, 3.05) is 6.54 Å². The fourth-order valence-corrected chi connectivity index (χ4v) is 2.71. The van der Waals surface area contributed by atoms with E-state index in [0.29, 0.717) is 18.9 Å². The van der Waals surface area contributed by atoms with Gasteiger partial charge in [0.15, 0.2) is 0 Å². The monoisotopic (exact) mass is 349 g/mol. The Hall–Kier alpha value is -3.02. The number of benzene rings is 2. The molecule has 2 aromatic carbocycles. The molecule has 1 amide bonds. The number of aromatic nitrogens is 4. The molecule has 3 aromatic rings. The molecule has 0 spiro atoms. The van der Waals surface area contributed by atoms with E-state index >= 15 is 0 Å². The van der Waals surface area contributed by atoms with Gasteiger partial charge < -0.3 is 4.90 Å². The van der Waals surface area contributed by atoms with Gasteiger partial charge >= 0.3 is 0 Å². The average molecular weight is 349 g/mol. The van der Waals surface area contributed by atoms with Crippen LogP contribution >= 0.6 is 0 Å². The molecule has 6 heteroatoms. The summed E-state index contributed by atoms with van der Waals surface area (Å²) in [5.74, 6) is 0.517. The third-order valence-electron chi connectivity index (χ3n) is 4.10. The van der Waals surface area contributed by atoms with E-state index in [1.165, 1.54) is 10.4 Å². The van der Waals surface area contributed by atoms with E-state index in [-0.39, 0.29) is 12.5 Å². The maximum absolute atomic E-state index is 12.7. The van der Waals surface area contributed by atoms with E-state index in [4.69, 9.17) is 0 Å². The fraction of sp³-hybridized carbons (Fsp3) is 0.300. The number of amides is 1. The molecule has 26 heavy (non-hydrogen) atoms. The van der Waals surface area contributed by atoms with Crippen LogP contribution in [0.4, 0.5) is 0 Å². The summed E-state index contributed by atoms with van der Waals surface area (Å²) in [6.45, 7) is 5.50. The molecular formula is C20H23N5O. The number of nitrogens with zero attached hydrogens (tertiary/aromatic N) is 5. The molecular weight excluding hydrogens is 326 g/mol. The maximum atomic E-state index is 12.7. The minimum Gasteiger partial charge on any atom is -0.337 e. The van der Waals surface area contributed by atoms with Crippen molar-refractivity contribution in [3.63, 3.8) is 0 Å². The topological polar surface area (TPSA) is 63.9 Å². The number of carbonyl (C=O) groups is 1. The SMILES string of the molecule is CCCN(Cc1ccc(C)cc1)C(=O)Cn1nnc(-c2ccccc2)n1. The zero-order valence-corrected chi connectivity index (χ0v) is 15.2. The molecule has 0 aliphatic rings. The van der Waals surface area contributed by atoms with E-state index in [0.717, 1.165) is 17.5 Å². The largest absolute Gasteiger partial charge is 0.337 e. The summed E-state index contributed by atoms with van der Waals surface area (Å²) >= 11 is 0. The smallest absolute Gasteiger partial charge is 0.246 e. The fourth-order valence-electron chi connectivity index (χ4n) is 2.71. The van der Waals surface area contributed by atoms with Gasteiger partial charge in [-0.3, -0.25) is 4.79 Å². The summed E-state index contributed by atoms with van der Waals surface area (Å²) in [6, 6.07) is 17.9. The predicted octanol–water partition coefficient (Wildman–Crippen LogP) is 3.09. The summed E-state index contributed by atoms with van der Waals surface area (Å²) in [7, 11) is 0. The highest BCUT2D eigenvalue weighted by molar-refractivity contribution is 5.75. The van der Waals surface area contributed by atoms with Crippen LogP contribution in [0.3, 0.4) is 0 Å². The van der Waals surface area contributed by atoms with Crippen molar-refractivity contribution in [3.8, 4) is 11.4 Å². The Morgan fingerprint density at radius 3 is 2.50 bits per heavy atom. The van der Waals surface area contributed by atoms with E-state index in [2.05, 4.69) is 53.5 Å². The van der Waals surface area contributed by atoms with Crippen LogP contribution in [-0.2, 0) is 17.9 Å². The molecule has 3 rings (SSSR count). The number of rotatable bonds is 7. The standard InChI is InChI=1S/C20H23N5O/c1-3-13-24(14-17-11-9-16(2)10-12-17)19(26)15-25-22-20(21-23-25)18-7-5-4-6-8-18/h4-12H,3,13-15H2,1-2H3. The Bertz CT molecular complexity index is 842. The Labute approximate surface area is 153 Å².